The van der Waals surface area contributed by atoms with Crippen molar-refractivity contribution in [2.75, 3.05) is 19.6 Å². The van der Waals surface area contributed by atoms with Gasteiger partial charge in [-0.1, -0.05) is 0 Å². The minimum atomic E-state index is -0.135. The van der Waals surface area contributed by atoms with Crippen LogP contribution in [0.2, 0.25) is 0 Å². The van der Waals surface area contributed by atoms with Crippen molar-refractivity contribution in [3.63, 3.8) is 0 Å². The summed E-state index contributed by atoms with van der Waals surface area (Å²) >= 11 is 0. The average Bonchev–Trinajstić information content (AvgIpc) is 3.23. The van der Waals surface area contributed by atoms with E-state index in [1.807, 2.05) is 13.8 Å². The highest BCUT2D eigenvalue weighted by atomic mass is 16.2. The number of nitrogens with zero attached hydrogens (tertiary/aromatic N) is 5. The van der Waals surface area contributed by atoms with Crippen molar-refractivity contribution in [1.82, 2.24) is 30.0 Å². The Morgan fingerprint density at radius 2 is 1.83 bits per heavy atom. The molecule has 3 N–H and O–H groups in total. The standard InChI is InChI=1S/C27H37N7O2/c1-16-12-29-26(31-23(16)25(36)33-5-3-4-21(28)13-33)34-14-22(17(2)32-34)24(35)30-15-27-9-18-6-19(10-27)8-20(7-18)11-27/h12,14,18-21H,3-11,13,15,28H2,1-2H3,(H,30,35)/t18?,19?,20?,21-,27?/m1/s1. The van der Waals surface area contributed by atoms with E-state index in [0.29, 0.717) is 35.6 Å². The number of hydrogen-bond acceptors (Lipinski definition) is 6. The first-order chi connectivity index (χ1) is 17.3. The summed E-state index contributed by atoms with van der Waals surface area (Å²) in [7, 11) is 0. The number of hydrogen-bond donors (Lipinski definition) is 2. The molecular weight excluding hydrogens is 454 g/mol. The summed E-state index contributed by atoms with van der Waals surface area (Å²) in [4.78, 5) is 37.1. The van der Waals surface area contributed by atoms with Crippen molar-refractivity contribution in [2.45, 2.75) is 71.3 Å². The summed E-state index contributed by atoms with van der Waals surface area (Å²) in [5.41, 5.74) is 8.57. The van der Waals surface area contributed by atoms with Gasteiger partial charge < -0.3 is 16.0 Å². The summed E-state index contributed by atoms with van der Waals surface area (Å²) < 4.78 is 1.51. The molecule has 0 unspecified atom stereocenters. The maximum absolute atomic E-state index is 13.2. The van der Waals surface area contributed by atoms with Gasteiger partial charge in [0.2, 0.25) is 0 Å². The van der Waals surface area contributed by atoms with Gasteiger partial charge in [-0.3, -0.25) is 9.59 Å². The van der Waals surface area contributed by atoms with E-state index in [1.165, 1.54) is 43.2 Å². The van der Waals surface area contributed by atoms with E-state index in [1.54, 1.807) is 17.3 Å². The summed E-state index contributed by atoms with van der Waals surface area (Å²) in [5.74, 6) is 2.62. The Balaban J connectivity index is 1.17. The number of aryl methyl sites for hydroxylation is 2. The van der Waals surface area contributed by atoms with Gasteiger partial charge in [0.05, 0.1) is 11.3 Å². The molecule has 5 fully saturated rings. The van der Waals surface area contributed by atoms with Gasteiger partial charge in [-0.05, 0) is 93.9 Å². The van der Waals surface area contributed by atoms with Crippen LogP contribution in [0.25, 0.3) is 5.95 Å². The van der Waals surface area contributed by atoms with Gasteiger partial charge in [0.25, 0.3) is 17.8 Å². The van der Waals surface area contributed by atoms with Crippen molar-refractivity contribution in [3.05, 3.63) is 34.9 Å². The van der Waals surface area contributed by atoms with Gasteiger partial charge in [-0.25, -0.2) is 14.6 Å². The second kappa shape index (κ2) is 8.94. The largest absolute Gasteiger partial charge is 0.351 e. The van der Waals surface area contributed by atoms with E-state index in [0.717, 1.165) is 37.1 Å². The highest BCUT2D eigenvalue weighted by Crippen LogP contribution is 2.59. The normalized spacial score (nSPS) is 31.0. The maximum Gasteiger partial charge on any atom is 0.272 e. The smallest absolute Gasteiger partial charge is 0.272 e. The monoisotopic (exact) mass is 491 g/mol. The Bertz CT molecular complexity index is 1150. The number of amides is 2. The lowest BCUT2D eigenvalue weighted by Gasteiger charge is -2.56. The number of nitrogens with one attached hydrogen (secondary N) is 1. The maximum atomic E-state index is 13.2. The molecule has 0 aromatic carbocycles. The Hall–Kier alpha value is -2.81. The van der Waals surface area contributed by atoms with E-state index in [2.05, 4.69) is 20.4 Å². The Morgan fingerprint density at radius 1 is 1.14 bits per heavy atom. The summed E-state index contributed by atoms with van der Waals surface area (Å²) in [6, 6.07) is -0.00224. The van der Waals surface area contributed by atoms with Crippen LogP contribution < -0.4 is 11.1 Å². The highest BCUT2D eigenvalue weighted by Gasteiger charge is 2.50. The molecule has 2 aromatic rings. The summed E-state index contributed by atoms with van der Waals surface area (Å²) in [6.45, 7) is 5.62. The molecule has 5 aliphatic rings. The van der Waals surface area contributed by atoms with Crippen LogP contribution in [-0.4, -0.2) is 62.1 Å². The molecular formula is C27H37N7O2. The molecule has 2 amide bonds. The second-order valence-electron chi connectivity index (χ2n) is 12.0. The molecule has 1 saturated heterocycles. The van der Waals surface area contributed by atoms with E-state index in [9.17, 15) is 9.59 Å². The number of rotatable bonds is 5. The molecule has 4 bridgehead atoms. The number of piperidine rings is 1. The fraction of sp³-hybridized carbons (Fsp3) is 0.667. The lowest BCUT2D eigenvalue weighted by Crippen LogP contribution is -2.51. The third-order valence-corrected chi connectivity index (χ3v) is 9.04. The molecule has 36 heavy (non-hydrogen) atoms. The van der Waals surface area contributed by atoms with Crippen LogP contribution in [-0.2, 0) is 0 Å². The van der Waals surface area contributed by atoms with Crippen molar-refractivity contribution in [2.24, 2.45) is 28.9 Å². The van der Waals surface area contributed by atoms with Crippen LogP contribution >= 0.6 is 0 Å². The zero-order chi connectivity index (χ0) is 25.0. The first kappa shape index (κ1) is 23.6. The number of carbonyl (C=O) groups excluding carboxylic acids is 2. The molecule has 0 radical (unpaired) electrons. The fourth-order valence-corrected chi connectivity index (χ4v) is 7.76. The molecule has 1 atom stereocenters. The zero-order valence-electron chi connectivity index (χ0n) is 21.4. The van der Waals surface area contributed by atoms with Crippen molar-refractivity contribution >= 4 is 11.8 Å². The lowest BCUT2D eigenvalue weighted by atomic mass is 9.49. The summed E-state index contributed by atoms with van der Waals surface area (Å²) in [6.07, 6.45) is 13.1. The minimum Gasteiger partial charge on any atom is -0.351 e. The first-order valence-electron chi connectivity index (χ1n) is 13.5. The summed E-state index contributed by atoms with van der Waals surface area (Å²) in [5, 5.41) is 7.76. The van der Waals surface area contributed by atoms with Gasteiger partial charge in [-0.2, -0.15) is 5.10 Å². The average molecular weight is 492 g/mol. The van der Waals surface area contributed by atoms with Crippen LogP contribution in [0.1, 0.15) is 83.5 Å². The quantitative estimate of drug-likeness (QED) is 0.664. The number of aromatic nitrogens is 4. The molecule has 3 heterocycles. The Labute approximate surface area is 212 Å². The highest BCUT2D eigenvalue weighted by molar-refractivity contribution is 5.95. The van der Waals surface area contributed by atoms with Gasteiger partial charge in [0.1, 0.15) is 5.69 Å². The van der Waals surface area contributed by atoms with Crippen LogP contribution in [0.5, 0.6) is 0 Å². The second-order valence-corrected chi connectivity index (χ2v) is 12.0. The molecule has 9 heteroatoms. The van der Waals surface area contributed by atoms with E-state index < -0.39 is 0 Å². The van der Waals surface area contributed by atoms with E-state index in [-0.39, 0.29) is 29.2 Å². The number of nitrogens with two attached hydrogens (primary N) is 1. The van der Waals surface area contributed by atoms with Crippen molar-refractivity contribution in [1.29, 1.82) is 0 Å². The third-order valence-electron chi connectivity index (χ3n) is 9.04. The van der Waals surface area contributed by atoms with Crippen LogP contribution in [0.4, 0.5) is 0 Å². The molecule has 0 spiro atoms. The molecule has 192 valence electrons. The predicted octanol–water partition coefficient (Wildman–Crippen LogP) is 2.79. The SMILES string of the molecule is Cc1cnc(-n2cc(C(=O)NCC34CC5CC(CC(C5)C3)C4)c(C)n2)nc1C(=O)N1CCC[C@@H](N)C1. The number of likely N-dealkylation sites (tertiary alicyclic amines) is 1. The van der Waals surface area contributed by atoms with Crippen LogP contribution in [0.3, 0.4) is 0 Å². The van der Waals surface area contributed by atoms with Crippen molar-refractivity contribution in [3.8, 4) is 5.95 Å². The lowest BCUT2D eigenvalue weighted by molar-refractivity contribution is -0.0503. The molecule has 4 aliphatic carbocycles. The van der Waals surface area contributed by atoms with Gasteiger partial charge in [0, 0.05) is 38.1 Å². The first-order valence-corrected chi connectivity index (χ1v) is 13.5. The Kier molecular flexibility index (Phi) is 5.85. The fourth-order valence-electron chi connectivity index (χ4n) is 7.76. The van der Waals surface area contributed by atoms with Crippen LogP contribution in [0, 0.1) is 37.0 Å². The number of carbonyl (C=O) groups is 2. The van der Waals surface area contributed by atoms with E-state index >= 15 is 0 Å². The molecule has 1 aliphatic heterocycles. The molecule has 9 nitrogen and oxygen atoms in total. The minimum absolute atomic E-state index is 0.00224. The van der Waals surface area contributed by atoms with Crippen LogP contribution in [0.15, 0.2) is 12.4 Å². The topological polar surface area (TPSA) is 119 Å². The molecule has 4 saturated carbocycles. The molecule has 2 aromatic heterocycles. The molecule has 7 rings (SSSR count). The van der Waals surface area contributed by atoms with Crippen molar-refractivity contribution < 1.29 is 9.59 Å². The zero-order valence-corrected chi connectivity index (χ0v) is 21.4. The van der Waals surface area contributed by atoms with Gasteiger partial charge >= 0.3 is 0 Å². The Morgan fingerprint density at radius 3 is 2.50 bits per heavy atom. The van der Waals surface area contributed by atoms with E-state index in [4.69, 9.17) is 5.73 Å². The van der Waals surface area contributed by atoms with Gasteiger partial charge in [0.15, 0.2) is 0 Å². The van der Waals surface area contributed by atoms with Gasteiger partial charge in [-0.15, -0.1) is 0 Å². The predicted molar refractivity (Wildman–Crippen MR) is 135 cm³/mol. The third kappa shape index (κ3) is 4.31.